The number of hydrogen-bond donors (Lipinski definition) is 1. The molecule has 0 unspecified atom stereocenters. The van der Waals surface area contributed by atoms with E-state index in [9.17, 15) is 0 Å². The van der Waals surface area contributed by atoms with Gasteiger partial charge in [-0.2, -0.15) is 0 Å². The van der Waals surface area contributed by atoms with Crippen molar-refractivity contribution in [2.24, 2.45) is 9.98 Å². The van der Waals surface area contributed by atoms with Crippen LogP contribution < -0.4 is 0 Å². The van der Waals surface area contributed by atoms with Crippen LogP contribution in [0.2, 0.25) is 0 Å². The smallest absolute Gasteiger partial charge is 0.162 e. The number of aromatic amines is 1. The van der Waals surface area contributed by atoms with Gasteiger partial charge >= 0.3 is 0 Å². The summed E-state index contributed by atoms with van der Waals surface area (Å²) in [6, 6.07) is 43.5. The molecule has 166 valence electrons. The Morgan fingerprint density at radius 3 is 1.66 bits per heavy atom. The van der Waals surface area contributed by atoms with Gasteiger partial charge in [-0.05, 0) is 28.8 Å². The summed E-state index contributed by atoms with van der Waals surface area (Å²) in [5.41, 5.74) is 8.41. The van der Waals surface area contributed by atoms with E-state index in [1.54, 1.807) is 0 Å². The topological polar surface area (TPSA) is 40.5 Å². The van der Waals surface area contributed by atoms with E-state index in [4.69, 9.17) is 9.98 Å². The molecule has 3 heteroatoms. The largest absolute Gasteiger partial charge is 0.339 e. The summed E-state index contributed by atoms with van der Waals surface area (Å²) in [4.78, 5) is 13.7. The van der Waals surface area contributed by atoms with Gasteiger partial charge in [0, 0.05) is 22.4 Å². The molecular formula is C32H23N3. The molecule has 1 aromatic heterocycles. The second-order valence-corrected chi connectivity index (χ2v) is 8.40. The van der Waals surface area contributed by atoms with Crippen molar-refractivity contribution in [3.63, 3.8) is 0 Å². The van der Waals surface area contributed by atoms with E-state index >= 15 is 0 Å². The van der Waals surface area contributed by atoms with Crippen LogP contribution in [0.1, 0.15) is 11.1 Å². The van der Waals surface area contributed by atoms with Crippen molar-refractivity contribution in [1.82, 2.24) is 4.98 Å². The van der Waals surface area contributed by atoms with Gasteiger partial charge in [-0.25, -0.2) is 9.98 Å². The first-order valence-corrected chi connectivity index (χ1v) is 11.7. The van der Waals surface area contributed by atoms with Crippen LogP contribution in [0.15, 0.2) is 143 Å². The van der Waals surface area contributed by atoms with Crippen LogP contribution in [0.25, 0.3) is 28.0 Å². The lowest BCUT2D eigenvalue weighted by Gasteiger charge is -2.04. The van der Waals surface area contributed by atoms with E-state index in [-0.39, 0.29) is 0 Å². The van der Waals surface area contributed by atoms with Gasteiger partial charge in [-0.15, -0.1) is 0 Å². The lowest BCUT2D eigenvalue weighted by Crippen LogP contribution is -1.95. The van der Waals surface area contributed by atoms with E-state index < -0.39 is 0 Å². The normalized spacial score (nSPS) is 14.1. The molecule has 6 rings (SSSR count). The Morgan fingerprint density at radius 1 is 0.543 bits per heavy atom. The summed E-state index contributed by atoms with van der Waals surface area (Å²) in [5.74, 6) is 1.50. The van der Waals surface area contributed by atoms with E-state index in [0.29, 0.717) is 5.84 Å². The van der Waals surface area contributed by atoms with Gasteiger partial charge in [-0.1, -0.05) is 121 Å². The third-order valence-corrected chi connectivity index (χ3v) is 6.09. The SMILES string of the molecule is C1=C(c2ccccc2)C(=Nc2[nH]c(-c3ccccc3)cc2-c2ccccc2)N=C1c1ccccc1. The first-order valence-electron chi connectivity index (χ1n) is 11.7. The van der Waals surface area contributed by atoms with Crippen molar-refractivity contribution in [2.45, 2.75) is 0 Å². The Bertz CT molecular complexity index is 1540. The summed E-state index contributed by atoms with van der Waals surface area (Å²) >= 11 is 0. The van der Waals surface area contributed by atoms with Crippen molar-refractivity contribution in [3.05, 3.63) is 145 Å². The highest BCUT2D eigenvalue weighted by Gasteiger charge is 2.20. The fourth-order valence-electron chi connectivity index (χ4n) is 4.33. The Hall–Kier alpha value is -4.76. The number of amidine groups is 1. The van der Waals surface area contributed by atoms with Gasteiger partial charge in [0.2, 0.25) is 0 Å². The molecule has 2 heterocycles. The maximum atomic E-state index is 5.12. The van der Waals surface area contributed by atoms with E-state index in [2.05, 4.69) is 77.8 Å². The fraction of sp³-hybridized carbons (Fsp3) is 0. The van der Waals surface area contributed by atoms with E-state index in [0.717, 1.165) is 50.6 Å². The number of aliphatic imine (C=N–C) groups is 2. The molecule has 3 nitrogen and oxygen atoms in total. The summed E-state index contributed by atoms with van der Waals surface area (Å²) in [6.45, 7) is 0. The molecule has 4 aromatic carbocycles. The number of rotatable bonds is 5. The molecule has 1 aliphatic rings. The molecule has 0 saturated heterocycles. The Kier molecular flexibility index (Phi) is 5.50. The van der Waals surface area contributed by atoms with Crippen molar-refractivity contribution in [2.75, 3.05) is 0 Å². The molecule has 0 aliphatic carbocycles. The first-order chi connectivity index (χ1) is 17.3. The summed E-state index contributed by atoms with van der Waals surface area (Å²) < 4.78 is 0. The standard InChI is InChI=1S/C32H23N3/c1-5-13-23(14-6-1)27-21-29(25-17-9-3-10-18-25)33-31(27)35-32-28(24-15-7-2-8-16-24)22-30(34-32)26-19-11-4-12-20-26/h1-22,33H. The number of nitrogens with one attached hydrogen (secondary N) is 1. The lowest BCUT2D eigenvalue weighted by molar-refractivity contribution is 1.33. The minimum absolute atomic E-state index is 0.702. The molecule has 0 spiro atoms. The highest BCUT2D eigenvalue weighted by atomic mass is 15.0. The summed E-state index contributed by atoms with van der Waals surface area (Å²) in [5, 5.41) is 0. The molecule has 0 fully saturated rings. The molecule has 0 bridgehead atoms. The van der Waals surface area contributed by atoms with Gasteiger partial charge in [0.1, 0.15) is 5.82 Å². The van der Waals surface area contributed by atoms with Crippen LogP contribution in [-0.4, -0.2) is 16.5 Å². The van der Waals surface area contributed by atoms with Crippen LogP contribution in [0, 0.1) is 0 Å². The van der Waals surface area contributed by atoms with Crippen molar-refractivity contribution in [1.29, 1.82) is 0 Å². The van der Waals surface area contributed by atoms with Gasteiger partial charge in [0.15, 0.2) is 5.84 Å². The second-order valence-electron chi connectivity index (χ2n) is 8.40. The van der Waals surface area contributed by atoms with Gasteiger partial charge in [0.25, 0.3) is 0 Å². The molecule has 0 atom stereocenters. The van der Waals surface area contributed by atoms with Crippen LogP contribution in [0.4, 0.5) is 5.82 Å². The van der Waals surface area contributed by atoms with Gasteiger partial charge in [0.05, 0.1) is 5.71 Å². The monoisotopic (exact) mass is 449 g/mol. The molecule has 0 radical (unpaired) electrons. The first kappa shape index (κ1) is 20.8. The summed E-state index contributed by atoms with van der Waals surface area (Å²) in [6.07, 6.45) is 2.13. The number of aromatic nitrogens is 1. The third-order valence-electron chi connectivity index (χ3n) is 6.09. The average molecular weight is 450 g/mol. The molecule has 0 amide bonds. The van der Waals surface area contributed by atoms with Gasteiger partial charge < -0.3 is 4.98 Å². The predicted octanol–water partition coefficient (Wildman–Crippen LogP) is 7.97. The van der Waals surface area contributed by atoms with Crippen molar-refractivity contribution < 1.29 is 0 Å². The number of nitrogens with zero attached hydrogens (tertiary/aromatic N) is 2. The maximum Gasteiger partial charge on any atom is 0.162 e. The number of allylic oxidation sites excluding steroid dienone is 1. The fourth-order valence-corrected chi connectivity index (χ4v) is 4.33. The van der Waals surface area contributed by atoms with Crippen LogP contribution >= 0.6 is 0 Å². The zero-order valence-corrected chi connectivity index (χ0v) is 19.1. The third kappa shape index (κ3) is 4.28. The van der Waals surface area contributed by atoms with Gasteiger partial charge in [-0.3, -0.25) is 0 Å². The molecule has 1 N–H and O–H groups in total. The Balaban J connectivity index is 1.52. The van der Waals surface area contributed by atoms with Crippen LogP contribution in [0.5, 0.6) is 0 Å². The average Bonchev–Trinajstić information content (AvgIpc) is 3.56. The minimum atomic E-state index is 0.702. The highest BCUT2D eigenvalue weighted by molar-refractivity contribution is 6.38. The predicted molar refractivity (Wildman–Crippen MR) is 146 cm³/mol. The van der Waals surface area contributed by atoms with Crippen molar-refractivity contribution >= 4 is 22.9 Å². The molecule has 5 aromatic rings. The Morgan fingerprint density at radius 2 is 1.06 bits per heavy atom. The molecule has 0 saturated carbocycles. The second kappa shape index (κ2) is 9.24. The Labute approximate surface area is 204 Å². The van der Waals surface area contributed by atoms with Crippen LogP contribution in [0.3, 0.4) is 0 Å². The van der Waals surface area contributed by atoms with Crippen molar-refractivity contribution in [3.8, 4) is 22.4 Å². The molecular weight excluding hydrogens is 426 g/mol. The molecule has 1 aliphatic heterocycles. The highest BCUT2D eigenvalue weighted by Crippen LogP contribution is 2.36. The quantitative estimate of drug-likeness (QED) is 0.283. The zero-order valence-electron chi connectivity index (χ0n) is 19.1. The summed E-state index contributed by atoms with van der Waals surface area (Å²) in [7, 11) is 0. The zero-order chi connectivity index (χ0) is 23.5. The van der Waals surface area contributed by atoms with E-state index in [1.165, 1.54) is 0 Å². The minimum Gasteiger partial charge on any atom is -0.339 e. The number of H-pyrrole nitrogens is 1. The number of benzene rings is 4. The van der Waals surface area contributed by atoms with E-state index in [1.807, 2.05) is 60.7 Å². The van der Waals surface area contributed by atoms with Crippen LogP contribution in [-0.2, 0) is 0 Å². The lowest BCUT2D eigenvalue weighted by atomic mass is 10.0. The maximum absolute atomic E-state index is 5.12. The number of hydrogen-bond acceptors (Lipinski definition) is 1. The molecule has 35 heavy (non-hydrogen) atoms.